The van der Waals surface area contributed by atoms with Crippen LogP contribution in [0.2, 0.25) is 0 Å². The van der Waals surface area contributed by atoms with E-state index in [-0.39, 0.29) is 17.1 Å². The first-order valence-corrected chi connectivity index (χ1v) is 11.6. The standard InChI is InChI=1S/C25H24O5S/c1-18-8-12-20(13-9-18)24(27)25(21-6-4-3-5-7-21)30-23(26)16-17-31(28,29)22-14-10-19(2)11-15-22/h3-15,25H,16-17H2,1-2H3/t25-/m0/s1. The van der Waals surface area contributed by atoms with Gasteiger partial charge in [0.2, 0.25) is 5.78 Å². The summed E-state index contributed by atoms with van der Waals surface area (Å²) in [4.78, 5) is 25.7. The zero-order valence-corrected chi connectivity index (χ0v) is 18.3. The fourth-order valence-electron chi connectivity index (χ4n) is 3.04. The molecule has 0 aromatic heterocycles. The van der Waals surface area contributed by atoms with Gasteiger partial charge in [-0.3, -0.25) is 9.59 Å². The molecule has 160 valence electrons. The van der Waals surface area contributed by atoms with Crippen molar-refractivity contribution in [3.8, 4) is 0 Å². The van der Waals surface area contributed by atoms with Crippen molar-refractivity contribution in [1.29, 1.82) is 0 Å². The molecule has 6 heteroatoms. The summed E-state index contributed by atoms with van der Waals surface area (Å²) >= 11 is 0. The lowest BCUT2D eigenvalue weighted by atomic mass is 9.99. The number of ether oxygens (including phenoxy) is 1. The van der Waals surface area contributed by atoms with Crippen LogP contribution in [0, 0.1) is 13.8 Å². The van der Waals surface area contributed by atoms with Gasteiger partial charge >= 0.3 is 5.97 Å². The largest absolute Gasteiger partial charge is 0.449 e. The van der Waals surface area contributed by atoms with Crippen molar-refractivity contribution in [2.45, 2.75) is 31.3 Å². The quantitative estimate of drug-likeness (QED) is 0.380. The Balaban J connectivity index is 1.75. The van der Waals surface area contributed by atoms with Crippen molar-refractivity contribution in [1.82, 2.24) is 0 Å². The lowest BCUT2D eigenvalue weighted by molar-refractivity contribution is -0.146. The van der Waals surface area contributed by atoms with E-state index in [1.54, 1.807) is 54.6 Å². The summed E-state index contributed by atoms with van der Waals surface area (Å²) in [5.41, 5.74) is 2.90. The predicted octanol–water partition coefficient (Wildman–Crippen LogP) is 4.63. The Kier molecular flexibility index (Phi) is 7.02. The molecule has 3 rings (SSSR count). The fraction of sp³-hybridized carbons (Fsp3) is 0.200. The van der Waals surface area contributed by atoms with Gasteiger partial charge in [-0.25, -0.2) is 8.42 Å². The Bertz CT molecular complexity index is 1150. The maximum atomic E-state index is 13.1. The molecule has 0 radical (unpaired) electrons. The molecule has 0 aliphatic heterocycles. The van der Waals surface area contributed by atoms with Crippen LogP contribution in [0.15, 0.2) is 83.8 Å². The minimum atomic E-state index is -3.64. The van der Waals surface area contributed by atoms with Gasteiger partial charge in [0.05, 0.1) is 17.1 Å². The Labute approximate surface area is 182 Å². The number of hydrogen-bond donors (Lipinski definition) is 0. The molecule has 0 aliphatic carbocycles. The number of rotatable bonds is 8. The first-order valence-electron chi connectivity index (χ1n) is 9.91. The zero-order valence-electron chi connectivity index (χ0n) is 17.4. The minimum absolute atomic E-state index is 0.154. The molecule has 0 amide bonds. The second-order valence-electron chi connectivity index (χ2n) is 7.39. The van der Waals surface area contributed by atoms with Crippen LogP contribution in [-0.2, 0) is 19.4 Å². The third-order valence-electron chi connectivity index (χ3n) is 4.88. The molecule has 3 aromatic rings. The Morgan fingerprint density at radius 3 is 1.94 bits per heavy atom. The molecule has 0 N–H and O–H groups in total. The molecule has 1 atom stereocenters. The highest BCUT2D eigenvalue weighted by Gasteiger charge is 2.27. The van der Waals surface area contributed by atoms with Crippen LogP contribution in [0.1, 0.15) is 39.6 Å². The van der Waals surface area contributed by atoms with Gasteiger partial charge in [-0.1, -0.05) is 77.9 Å². The summed E-state index contributed by atoms with van der Waals surface area (Å²) < 4.78 is 30.5. The molecule has 0 saturated heterocycles. The molecule has 0 saturated carbocycles. The van der Waals surface area contributed by atoms with Gasteiger partial charge in [0, 0.05) is 11.1 Å². The van der Waals surface area contributed by atoms with E-state index in [1.807, 2.05) is 26.0 Å². The molecule has 31 heavy (non-hydrogen) atoms. The van der Waals surface area contributed by atoms with Gasteiger partial charge < -0.3 is 4.74 Å². The van der Waals surface area contributed by atoms with E-state index in [0.29, 0.717) is 11.1 Å². The first kappa shape index (κ1) is 22.4. The van der Waals surface area contributed by atoms with Crippen LogP contribution in [0.25, 0.3) is 0 Å². The number of hydrogen-bond acceptors (Lipinski definition) is 5. The highest BCUT2D eigenvalue weighted by Crippen LogP contribution is 2.24. The van der Waals surface area contributed by atoms with Gasteiger partial charge in [-0.2, -0.15) is 0 Å². The van der Waals surface area contributed by atoms with E-state index in [2.05, 4.69) is 0 Å². The van der Waals surface area contributed by atoms with Gasteiger partial charge in [0.1, 0.15) is 0 Å². The van der Waals surface area contributed by atoms with Crippen molar-refractivity contribution in [2.75, 3.05) is 5.75 Å². The van der Waals surface area contributed by atoms with Crippen molar-refractivity contribution >= 4 is 21.6 Å². The molecular formula is C25H24O5S. The monoisotopic (exact) mass is 436 g/mol. The van der Waals surface area contributed by atoms with Crippen molar-refractivity contribution in [3.63, 3.8) is 0 Å². The Morgan fingerprint density at radius 2 is 1.35 bits per heavy atom. The van der Waals surface area contributed by atoms with E-state index in [0.717, 1.165) is 11.1 Å². The first-order chi connectivity index (χ1) is 14.8. The number of benzene rings is 3. The molecule has 0 bridgehead atoms. The lowest BCUT2D eigenvalue weighted by Crippen LogP contribution is -2.22. The average Bonchev–Trinajstić information content (AvgIpc) is 2.77. The third-order valence-corrected chi connectivity index (χ3v) is 6.61. The summed E-state index contributed by atoms with van der Waals surface area (Å²) in [6.07, 6.45) is -1.49. The number of sulfone groups is 1. The maximum absolute atomic E-state index is 13.1. The fourth-order valence-corrected chi connectivity index (χ4v) is 4.26. The minimum Gasteiger partial charge on any atom is -0.449 e. The molecule has 0 heterocycles. The highest BCUT2D eigenvalue weighted by molar-refractivity contribution is 7.91. The summed E-state index contributed by atoms with van der Waals surface area (Å²) in [5.74, 6) is -1.50. The van der Waals surface area contributed by atoms with E-state index in [4.69, 9.17) is 4.74 Å². The van der Waals surface area contributed by atoms with Crippen molar-refractivity contribution in [3.05, 3.63) is 101 Å². The average molecular weight is 437 g/mol. The van der Waals surface area contributed by atoms with Crippen LogP contribution >= 0.6 is 0 Å². The van der Waals surface area contributed by atoms with Crippen LogP contribution in [0.3, 0.4) is 0 Å². The second-order valence-corrected chi connectivity index (χ2v) is 9.50. The number of Topliss-reactive ketones (excluding diaryl/α,β-unsaturated/α-hetero) is 1. The molecule has 0 fully saturated rings. The van der Waals surface area contributed by atoms with Crippen LogP contribution in [0.5, 0.6) is 0 Å². The van der Waals surface area contributed by atoms with E-state index >= 15 is 0 Å². The van der Waals surface area contributed by atoms with Crippen LogP contribution in [-0.4, -0.2) is 25.9 Å². The second kappa shape index (κ2) is 9.71. The normalized spacial score (nSPS) is 12.2. The maximum Gasteiger partial charge on any atom is 0.307 e. The summed E-state index contributed by atoms with van der Waals surface area (Å²) in [7, 11) is -3.64. The number of aryl methyl sites for hydroxylation is 2. The summed E-state index contributed by atoms with van der Waals surface area (Å²) in [6, 6.07) is 22.1. The number of carbonyl (C=O) groups is 2. The highest BCUT2D eigenvalue weighted by atomic mass is 32.2. The SMILES string of the molecule is Cc1ccc(C(=O)[C@@H](OC(=O)CCS(=O)(=O)c2ccc(C)cc2)c2ccccc2)cc1. The van der Waals surface area contributed by atoms with E-state index < -0.39 is 27.7 Å². The number of ketones is 1. The van der Waals surface area contributed by atoms with E-state index in [9.17, 15) is 18.0 Å². The number of carbonyl (C=O) groups excluding carboxylic acids is 2. The Morgan fingerprint density at radius 1 is 0.806 bits per heavy atom. The molecule has 3 aromatic carbocycles. The third kappa shape index (κ3) is 5.89. The number of esters is 1. The van der Waals surface area contributed by atoms with Crippen molar-refractivity contribution < 1.29 is 22.7 Å². The van der Waals surface area contributed by atoms with Crippen molar-refractivity contribution in [2.24, 2.45) is 0 Å². The summed E-state index contributed by atoms with van der Waals surface area (Å²) in [6.45, 7) is 3.78. The van der Waals surface area contributed by atoms with Gasteiger partial charge in [-0.05, 0) is 26.0 Å². The zero-order chi connectivity index (χ0) is 22.4. The predicted molar refractivity (Wildman–Crippen MR) is 119 cm³/mol. The Hall–Kier alpha value is -3.25. The van der Waals surface area contributed by atoms with Gasteiger partial charge in [-0.15, -0.1) is 0 Å². The van der Waals surface area contributed by atoms with Crippen LogP contribution < -0.4 is 0 Å². The molecule has 5 nitrogen and oxygen atoms in total. The van der Waals surface area contributed by atoms with Gasteiger partial charge in [0.15, 0.2) is 15.9 Å². The smallest absolute Gasteiger partial charge is 0.307 e. The van der Waals surface area contributed by atoms with E-state index in [1.165, 1.54) is 12.1 Å². The molecular weight excluding hydrogens is 412 g/mol. The summed E-state index contributed by atoms with van der Waals surface area (Å²) in [5, 5.41) is 0. The topological polar surface area (TPSA) is 77.5 Å². The lowest BCUT2D eigenvalue weighted by Gasteiger charge is -2.17. The molecule has 0 spiro atoms. The molecule has 0 aliphatic rings. The van der Waals surface area contributed by atoms with Gasteiger partial charge in [0.25, 0.3) is 0 Å². The van der Waals surface area contributed by atoms with Crippen LogP contribution in [0.4, 0.5) is 0 Å². The molecule has 0 unspecified atom stereocenters.